The van der Waals surface area contributed by atoms with Crippen LogP contribution < -0.4 is 14.8 Å². The Labute approximate surface area is 177 Å². The van der Waals surface area contributed by atoms with E-state index in [-0.39, 0.29) is 11.9 Å². The lowest BCUT2D eigenvalue weighted by molar-refractivity contribution is -0.116. The predicted octanol–water partition coefficient (Wildman–Crippen LogP) is 3.52. The molecule has 1 heterocycles. The van der Waals surface area contributed by atoms with E-state index in [2.05, 4.69) is 5.32 Å². The second-order valence-corrected chi connectivity index (χ2v) is 6.55. The Kier molecular flexibility index (Phi) is 8.53. The number of nitrogens with one attached hydrogen (secondary N) is 1. The van der Waals surface area contributed by atoms with E-state index < -0.39 is 0 Å². The third-order valence-electron chi connectivity index (χ3n) is 4.76. The SMILES string of the molecule is CCOC(=O)c1c(/C=C/C(=O)NCCOc2ccccc2OC)c(C)n(CC)c1C. The van der Waals surface area contributed by atoms with Gasteiger partial charge in [-0.2, -0.15) is 0 Å². The number of para-hydroxylation sites is 2. The van der Waals surface area contributed by atoms with E-state index in [1.165, 1.54) is 6.08 Å². The molecule has 1 aromatic heterocycles. The maximum atomic E-state index is 12.4. The molecule has 0 saturated carbocycles. The second-order valence-electron chi connectivity index (χ2n) is 6.55. The highest BCUT2D eigenvalue weighted by Crippen LogP contribution is 2.26. The number of hydrogen-bond acceptors (Lipinski definition) is 5. The zero-order chi connectivity index (χ0) is 22.1. The van der Waals surface area contributed by atoms with Gasteiger partial charge in [0, 0.05) is 29.6 Å². The van der Waals surface area contributed by atoms with Crippen LogP contribution in [0, 0.1) is 13.8 Å². The van der Waals surface area contributed by atoms with Crippen LogP contribution in [0.25, 0.3) is 6.08 Å². The molecule has 1 N–H and O–H groups in total. The Morgan fingerprint density at radius 2 is 1.80 bits per heavy atom. The van der Waals surface area contributed by atoms with Gasteiger partial charge in [0.1, 0.15) is 6.61 Å². The van der Waals surface area contributed by atoms with Crippen LogP contribution in [0.2, 0.25) is 0 Å². The molecule has 0 bridgehead atoms. The minimum absolute atomic E-state index is 0.269. The zero-order valence-corrected chi connectivity index (χ0v) is 18.3. The van der Waals surface area contributed by atoms with E-state index in [1.807, 2.05) is 43.5 Å². The summed E-state index contributed by atoms with van der Waals surface area (Å²) in [5, 5.41) is 2.77. The number of esters is 1. The summed E-state index contributed by atoms with van der Waals surface area (Å²) in [5.74, 6) is 0.614. The van der Waals surface area contributed by atoms with E-state index in [4.69, 9.17) is 14.2 Å². The average Bonchev–Trinajstić information content (AvgIpc) is 2.98. The maximum Gasteiger partial charge on any atom is 0.340 e. The van der Waals surface area contributed by atoms with Crippen molar-refractivity contribution < 1.29 is 23.8 Å². The number of nitrogens with zero attached hydrogens (tertiary/aromatic N) is 1. The van der Waals surface area contributed by atoms with Crippen molar-refractivity contribution in [2.75, 3.05) is 26.9 Å². The smallest absolute Gasteiger partial charge is 0.340 e. The molecule has 30 heavy (non-hydrogen) atoms. The van der Waals surface area contributed by atoms with Crippen molar-refractivity contribution >= 4 is 18.0 Å². The molecule has 7 heteroatoms. The summed E-state index contributed by atoms with van der Waals surface area (Å²) >= 11 is 0. The number of carbonyl (C=O) groups is 2. The number of rotatable bonds is 10. The number of methoxy groups -OCH3 is 1. The molecule has 2 aromatic rings. The predicted molar refractivity (Wildman–Crippen MR) is 116 cm³/mol. The first-order valence-corrected chi connectivity index (χ1v) is 10.0. The first-order valence-electron chi connectivity index (χ1n) is 10.0. The van der Waals surface area contributed by atoms with Crippen LogP contribution >= 0.6 is 0 Å². The number of aromatic nitrogens is 1. The molecule has 0 saturated heterocycles. The molecule has 0 spiro atoms. The Morgan fingerprint density at radius 1 is 1.10 bits per heavy atom. The molecule has 162 valence electrons. The first-order chi connectivity index (χ1) is 14.4. The third kappa shape index (κ3) is 5.43. The molecule has 7 nitrogen and oxygen atoms in total. The summed E-state index contributed by atoms with van der Waals surface area (Å²) in [5.41, 5.74) is 2.95. The van der Waals surface area contributed by atoms with Gasteiger partial charge in [-0.25, -0.2) is 4.79 Å². The maximum absolute atomic E-state index is 12.4. The van der Waals surface area contributed by atoms with Gasteiger partial charge in [-0.05, 0) is 45.9 Å². The molecule has 1 aromatic carbocycles. The topological polar surface area (TPSA) is 78.8 Å². The van der Waals surface area contributed by atoms with Gasteiger partial charge in [-0.1, -0.05) is 12.1 Å². The van der Waals surface area contributed by atoms with Crippen molar-refractivity contribution in [3.8, 4) is 11.5 Å². The summed E-state index contributed by atoms with van der Waals surface area (Å²) < 4.78 is 18.1. The molecule has 0 aliphatic heterocycles. The summed E-state index contributed by atoms with van der Waals surface area (Å²) in [6, 6.07) is 7.33. The van der Waals surface area contributed by atoms with E-state index >= 15 is 0 Å². The second kappa shape index (κ2) is 11.1. The number of benzene rings is 1. The summed E-state index contributed by atoms with van der Waals surface area (Å²) in [6.45, 7) is 9.25. The molecular formula is C23H30N2O5. The summed E-state index contributed by atoms with van der Waals surface area (Å²) in [7, 11) is 1.58. The van der Waals surface area contributed by atoms with Crippen molar-refractivity contribution in [1.29, 1.82) is 0 Å². The average molecular weight is 415 g/mol. The fraction of sp³-hybridized carbons (Fsp3) is 0.391. The normalized spacial score (nSPS) is 10.8. The van der Waals surface area contributed by atoms with E-state index in [9.17, 15) is 9.59 Å². The Morgan fingerprint density at radius 3 is 2.43 bits per heavy atom. The van der Waals surface area contributed by atoms with Gasteiger partial charge >= 0.3 is 5.97 Å². The van der Waals surface area contributed by atoms with Gasteiger partial charge in [-0.15, -0.1) is 0 Å². The number of carbonyl (C=O) groups excluding carboxylic acids is 2. The van der Waals surface area contributed by atoms with Crippen molar-refractivity contribution in [2.45, 2.75) is 34.2 Å². The van der Waals surface area contributed by atoms with Crippen molar-refractivity contribution in [3.63, 3.8) is 0 Å². The van der Waals surface area contributed by atoms with E-state index in [0.717, 1.165) is 17.9 Å². The van der Waals surface area contributed by atoms with Gasteiger partial charge in [0.25, 0.3) is 0 Å². The van der Waals surface area contributed by atoms with Crippen LogP contribution in [0.15, 0.2) is 30.3 Å². The van der Waals surface area contributed by atoms with Crippen LogP contribution in [0.4, 0.5) is 0 Å². The minimum Gasteiger partial charge on any atom is -0.493 e. The number of ether oxygens (including phenoxy) is 3. The molecule has 0 unspecified atom stereocenters. The highest BCUT2D eigenvalue weighted by atomic mass is 16.5. The molecule has 0 radical (unpaired) electrons. The van der Waals surface area contributed by atoms with E-state index in [0.29, 0.717) is 42.4 Å². The van der Waals surface area contributed by atoms with Crippen LogP contribution in [0.3, 0.4) is 0 Å². The van der Waals surface area contributed by atoms with Gasteiger partial charge in [0.05, 0.1) is 25.8 Å². The zero-order valence-electron chi connectivity index (χ0n) is 18.3. The van der Waals surface area contributed by atoms with Crippen LogP contribution in [-0.4, -0.2) is 43.3 Å². The van der Waals surface area contributed by atoms with Crippen molar-refractivity contribution in [3.05, 3.63) is 52.9 Å². The monoisotopic (exact) mass is 414 g/mol. The largest absolute Gasteiger partial charge is 0.493 e. The van der Waals surface area contributed by atoms with Crippen molar-refractivity contribution in [2.24, 2.45) is 0 Å². The Balaban J connectivity index is 2.01. The van der Waals surface area contributed by atoms with E-state index in [1.54, 1.807) is 26.2 Å². The fourth-order valence-electron chi connectivity index (χ4n) is 3.34. The third-order valence-corrected chi connectivity index (χ3v) is 4.76. The molecule has 0 aliphatic carbocycles. The lowest BCUT2D eigenvalue weighted by Crippen LogP contribution is -2.26. The van der Waals surface area contributed by atoms with Crippen molar-refractivity contribution in [1.82, 2.24) is 9.88 Å². The quantitative estimate of drug-likeness (QED) is 0.366. The van der Waals surface area contributed by atoms with Crippen LogP contribution in [0.1, 0.15) is 41.2 Å². The minimum atomic E-state index is -0.379. The fourth-order valence-corrected chi connectivity index (χ4v) is 3.34. The molecule has 1 amide bonds. The highest BCUT2D eigenvalue weighted by molar-refractivity contribution is 5.98. The Bertz CT molecular complexity index is 915. The molecule has 0 atom stereocenters. The first kappa shape index (κ1) is 23.1. The molecule has 2 rings (SSSR count). The number of amides is 1. The molecule has 0 aliphatic rings. The van der Waals surface area contributed by atoms with Gasteiger partial charge in [0.2, 0.25) is 5.91 Å². The van der Waals surface area contributed by atoms with Gasteiger partial charge < -0.3 is 24.1 Å². The Hall–Kier alpha value is -3.22. The summed E-state index contributed by atoms with van der Waals surface area (Å²) in [4.78, 5) is 24.6. The molecular weight excluding hydrogens is 384 g/mol. The van der Waals surface area contributed by atoms with Crippen LogP contribution in [0.5, 0.6) is 11.5 Å². The molecule has 0 fully saturated rings. The number of hydrogen-bond donors (Lipinski definition) is 1. The lowest BCUT2D eigenvalue weighted by atomic mass is 10.1. The van der Waals surface area contributed by atoms with Gasteiger partial charge in [-0.3, -0.25) is 4.79 Å². The lowest BCUT2D eigenvalue weighted by Gasteiger charge is -2.10. The standard InChI is InChI=1S/C23H30N2O5/c1-6-25-16(3)18(22(17(25)4)23(27)29-7-2)12-13-21(26)24-14-15-30-20-11-9-8-10-19(20)28-5/h8-13H,6-7,14-15H2,1-5H3,(H,24,26)/b13-12+. The van der Waals surface area contributed by atoms with Crippen LogP contribution in [-0.2, 0) is 16.1 Å². The summed E-state index contributed by atoms with van der Waals surface area (Å²) in [6.07, 6.45) is 3.09. The highest BCUT2D eigenvalue weighted by Gasteiger charge is 2.22. The van der Waals surface area contributed by atoms with Gasteiger partial charge in [0.15, 0.2) is 11.5 Å².